The summed E-state index contributed by atoms with van der Waals surface area (Å²) in [4.78, 5) is 30.5. The van der Waals surface area contributed by atoms with Gasteiger partial charge < -0.3 is 15.0 Å². The Morgan fingerprint density at radius 1 is 1.55 bits per heavy atom. The van der Waals surface area contributed by atoms with Gasteiger partial charge in [-0.1, -0.05) is 11.8 Å². The first-order valence-electron chi connectivity index (χ1n) is 7.36. The van der Waals surface area contributed by atoms with Crippen LogP contribution in [0.4, 0.5) is 5.69 Å². The van der Waals surface area contributed by atoms with Crippen molar-refractivity contribution in [1.29, 1.82) is 0 Å². The molecule has 0 aromatic carbocycles. The van der Waals surface area contributed by atoms with Crippen LogP contribution in [0.25, 0.3) is 0 Å². The molecule has 1 unspecified atom stereocenters. The molecule has 1 aromatic rings. The van der Waals surface area contributed by atoms with Crippen molar-refractivity contribution >= 4 is 29.3 Å². The number of hydrogen-bond donors (Lipinski definition) is 1. The monoisotopic (exact) mass is 323 g/mol. The standard InChI is InChI=1S/C15H21N3O3S/c1-3-18-11-6-4-7-17-14(11)22-12(15(18)20)10-13(19)16-8-5-9-21-2/h4,6-7,12H,3,5,8-10H2,1-2H3,(H,16,19). The van der Waals surface area contributed by atoms with Crippen LogP contribution in [0.2, 0.25) is 0 Å². The second-order valence-corrected chi connectivity index (χ2v) is 6.11. The Hall–Kier alpha value is -1.60. The fraction of sp³-hybridized carbons (Fsp3) is 0.533. The van der Waals surface area contributed by atoms with Gasteiger partial charge in [0.05, 0.1) is 10.9 Å². The maximum absolute atomic E-state index is 12.5. The van der Waals surface area contributed by atoms with Gasteiger partial charge in [-0.3, -0.25) is 9.59 Å². The predicted molar refractivity (Wildman–Crippen MR) is 86.0 cm³/mol. The summed E-state index contributed by atoms with van der Waals surface area (Å²) in [7, 11) is 1.63. The average molecular weight is 323 g/mol. The summed E-state index contributed by atoms with van der Waals surface area (Å²) in [6.07, 6.45) is 2.64. The molecule has 0 saturated heterocycles. The minimum atomic E-state index is -0.412. The van der Waals surface area contributed by atoms with Crippen molar-refractivity contribution in [2.45, 2.75) is 30.0 Å². The number of nitrogens with zero attached hydrogens (tertiary/aromatic N) is 2. The molecular weight excluding hydrogens is 302 g/mol. The Bertz CT molecular complexity index is 539. The number of amides is 2. The fourth-order valence-electron chi connectivity index (χ4n) is 2.30. The number of ether oxygens (including phenoxy) is 1. The Morgan fingerprint density at radius 3 is 3.09 bits per heavy atom. The molecule has 0 aliphatic carbocycles. The second kappa shape index (κ2) is 8.14. The molecule has 0 fully saturated rings. The van der Waals surface area contributed by atoms with E-state index < -0.39 is 5.25 Å². The lowest BCUT2D eigenvalue weighted by Crippen LogP contribution is -2.43. The van der Waals surface area contributed by atoms with Gasteiger partial charge in [0, 0.05) is 39.4 Å². The number of fused-ring (bicyclic) bond motifs is 1. The van der Waals surface area contributed by atoms with E-state index in [-0.39, 0.29) is 18.2 Å². The Labute approximate surface area is 134 Å². The number of anilines is 1. The number of pyridine rings is 1. The maximum Gasteiger partial charge on any atom is 0.241 e. The molecule has 2 rings (SSSR count). The summed E-state index contributed by atoms with van der Waals surface area (Å²) >= 11 is 1.37. The highest BCUT2D eigenvalue weighted by Gasteiger charge is 2.34. The molecule has 0 radical (unpaired) electrons. The highest BCUT2D eigenvalue weighted by Crippen LogP contribution is 2.38. The van der Waals surface area contributed by atoms with Gasteiger partial charge in [0.25, 0.3) is 0 Å². The lowest BCUT2D eigenvalue weighted by Gasteiger charge is -2.31. The highest BCUT2D eigenvalue weighted by molar-refractivity contribution is 8.00. The van der Waals surface area contributed by atoms with E-state index in [0.29, 0.717) is 19.7 Å². The summed E-state index contributed by atoms with van der Waals surface area (Å²) in [5, 5.41) is 3.21. The molecule has 1 N–H and O–H groups in total. The Balaban J connectivity index is 1.98. The van der Waals surface area contributed by atoms with Gasteiger partial charge in [-0.15, -0.1) is 0 Å². The quantitative estimate of drug-likeness (QED) is 0.769. The third-order valence-corrected chi connectivity index (χ3v) is 4.56. The summed E-state index contributed by atoms with van der Waals surface area (Å²) < 4.78 is 4.93. The van der Waals surface area contributed by atoms with E-state index in [1.165, 1.54) is 11.8 Å². The van der Waals surface area contributed by atoms with Crippen molar-refractivity contribution in [1.82, 2.24) is 10.3 Å². The molecule has 6 nitrogen and oxygen atoms in total. The first-order valence-corrected chi connectivity index (χ1v) is 8.24. The van der Waals surface area contributed by atoms with Gasteiger partial charge in [0.15, 0.2) is 0 Å². The molecule has 7 heteroatoms. The zero-order valence-electron chi connectivity index (χ0n) is 12.9. The molecule has 1 atom stereocenters. The maximum atomic E-state index is 12.5. The van der Waals surface area contributed by atoms with E-state index in [0.717, 1.165) is 17.1 Å². The van der Waals surface area contributed by atoms with E-state index in [2.05, 4.69) is 10.3 Å². The topological polar surface area (TPSA) is 71.5 Å². The predicted octanol–water partition coefficient (Wildman–Crippen LogP) is 1.45. The minimum absolute atomic E-state index is 0.0277. The van der Waals surface area contributed by atoms with Crippen molar-refractivity contribution in [2.75, 3.05) is 31.7 Å². The lowest BCUT2D eigenvalue weighted by molar-refractivity contribution is -0.124. The number of thioether (sulfide) groups is 1. The van der Waals surface area contributed by atoms with Crippen LogP contribution in [-0.4, -0.2) is 48.9 Å². The molecule has 1 aromatic heterocycles. The number of rotatable bonds is 7. The Kier molecular flexibility index (Phi) is 6.21. The average Bonchev–Trinajstić information content (AvgIpc) is 2.52. The first-order chi connectivity index (χ1) is 10.7. The number of carbonyl (C=O) groups is 2. The number of carbonyl (C=O) groups excluding carboxylic acids is 2. The lowest BCUT2D eigenvalue weighted by atomic mass is 10.2. The van der Waals surface area contributed by atoms with Crippen LogP contribution in [0, 0.1) is 0 Å². The molecule has 2 amide bonds. The Morgan fingerprint density at radius 2 is 2.36 bits per heavy atom. The SMILES string of the molecule is CCN1C(=O)C(CC(=O)NCCCOC)Sc2ncccc21. The number of hydrogen-bond acceptors (Lipinski definition) is 5. The number of methoxy groups -OCH3 is 1. The summed E-state index contributed by atoms with van der Waals surface area (Å²) in [6, 6.07) is 3.70. The third-order valence-electron chi connectivity index (χ3n) is 3.37. The van der Waals surface area contributed by atoms with E-state index >= 15 is 0 Å². The largest absolute Gasteiger partial charge is 0.385 e. The van der Waals surface area contributed by atoms with Crippen LogP contribution in [0.15, 0.2) is 23.4 Å². The number of aromatic nitrogens is 1. The fourth-order valence-corrected chi connectivity index (χ4v) is 3.45. The molecule has 1 aliphatic heterocycles. The van der Waals surface area contributed by atoms with Crippen molar-refractivity contribution in [2.24, 2.45) is 0 Å². The van der Waals surface area contributed by atoms with Crippen LogP contribution in [0.1, 0.15) is 19.8 Å². The van der Waals surface area contributed by atoms with E-state index in [4.69, 9.17) is 4.74 Å². The van der Waals surface area contributed by atoms with E-state index in [1.807, 2.05) is 19.1 Å². The minimum Gasteiger partial charge on any atom is -0.385 e. The van der Waals surface area contributed by atoms with E-state index in [1.54, 1.807) is 18.2 Å². The zero-order chi connectivity index (χ0) is 15.9. The van der Waals surface area contributed by atoms with Gasteiger partial charge in [-0.25, -0.2) is 4.98 Å². The molecule has 0 saturated carbocycles. The summed E-state index contributed by atoms with van der Waals surface area (Å²) in [5.41, 5.74) is 0.830. The van der Waals surface area contributed by atoms with E-state index in [9.17, 15) is 9.59 Å². The van der Waals surface area contributed by atoms with Crippen LogP contribution < -0.4 is 10.2 Å². The third kappa shape index (κ3) is 3.98. The first kappa shape index (κ1) is 16.8. The molecule has 120 valence electrons. The van der Waals surface area contributed by atoms with Crippen molar-refractivity contribution < 1.29 is 14.3 Å². The van der Waals surface area contributed by atoms with Crippen LogP contribution >= 0.6 is 11.8 Å². The molecular formula is C15H21N3O3S. The van der Waals surface area contributed by atoms with Crippen LogP contribution in [0.5, 0.6) is 0 Å². The van der Waals surface area contributed by atoms with Crippen LogP contribution in [0.3, 0.4) is 0 Å². The van der Waals surface area contributed by atoms with Gasteiger partial charge in [0.2, 0.25) is 11.8 Å². The van der Waals surface area contributed by atoms with Gasteiger partial charge >= 0.3 is 0 Å². The normalized spacial score (nSPS) is 17.3. The van der Waals surface area contributed by atoms with Gasteiger partial charge in [0.1, 0.15) is 5.03 Å². The summed E-state index contributed by atoms with van der Waals surface area (Å²) in [6.45, 7) is 3.67. The zero-order valence-corrected chi connectivity index (χ0v) is 13.7. The highest BCUT2D eigenvalue weighted by atomic mass is 32.2. The van der Waals surface area contributed by atoms with Crippen molar-refractivity contribution in [3.63, 3.8) is 0 Å². The van der Waals surface area contributed by atoms with Gasteiger partial charge in [-0.2, -0.15) is 0 Å². The molecule has 1 aliphatic rings. The van der Waals surface area contributed by atoms with Gasteiger partial charge in [-0.05, 0) is 25.5 Å². The molecule has 2 heterocycles. The molecule has 0 spiro atoms. The second-order valence-electron chi connectivity index (χ2n) is 4.92. The summed E-state index contributed by atoms with van der Waals surface area (Å²) in [5.74, 6) is -0.141. The number of nitrogens with one attached hydrogen (secondary N) is 1. The molecule has 0 bridgehead atoms. The van der Waals surface area contributed by atoms with Crippen LogP contribution in [-0.2, 0) is 14.3 Å². The van der Waals surface area contributed by atoms with Crippen molar-refractivity contribution in [3.8, 4) is 0 Å². The van der Waals surface area contributed by atoms with Crippen molar-refractivity contribution in [3.05, 3.63) is 18.3 Å². The molecule has 22 heavy (non-hydrogen) atoms. The smallest absolute Gasteiger partial charge is 0.241 e.